The van der Waals surface area contributed by atoms with Gasteiger partial charge < -0.3 is 14.2 Å². The number of esters is 1. The molecule has 1 unspecified atom stereocenters. The highest BCUT2D eigenvalue weighted by atomic mass is 16.6. The second-order valence-corrected chi connectivity index (χ2v) is 8.43. The number of aryl methyl sites for hydroxylation is 2. The van der Waals surface area contributed by atoms with Crippen molar-refractivity contribution >= 4 is 11.9 Å². The molecular weight excluding hydrogens is 370 g/mol. The number of hydrogen-bond acceptors (Lipinski definition) is 5. The molecule has 1 atom stereocenters. The van der Waals surface area contributed by atoms with E-state index in [2.05, 4.69) is 10.1 Å². The van der Waals surface area contributed by atoms with Crippen molar-refractivity contribution < 1.29 is 14.3 Å². The molecular formula is C21H29N5O3. The maximum Gasteiger partial charge on any atom is 0.312 e. The van der Waals surface area contributed by atoms with Crippen LogP contribution in [0.1, 0.15) is 42.6 Å². The van der Waals surface area contributed by atoms with E-state index < -0.39 is 5.41 Å². The van der Waals surface area contributed by atoms with Crippen molar-refractivity contribution in [2.24, 2.45) is 12.5 Å². The molecule has 4 heterocycles. The molecule has 0 bridgehead atoms. The van der Waals surface area contributed by atoms with Crippen LogP contribution in [0.3, 0.4) is 0 Å². The summed E-state index contributed by atoms with van der Waals surface area (Å²) in [6.45, 7) is 5.91. The topological polar surface area (TPSA) is 82.2 Å². The Kier molecular flexibility index (Phi) is 5.19. The largest absolute Gasteiger partial charge is 0.460 e. The lowest BCUT2D eigenvalue weighted by Crippen LogP contribution is -2.45. The van der Waals surface area contributed by atoms with Crippen LogP contribution in [0.5, 0.6) is 0 Å². The summed E-state index contributed by atoms with van der Waals surface area (Å²) >= 11 is 0. The first-order valence-electron chi connectivity index (χ1n) is 10.3. The Morgan fingerprint density at radius 2 is 2.07 bits per heavy atom. The number of rotatable bonds is 5. The summed E-state index contributed by atoms with van der Waals surface area (Å²) in [6, 6.07) is 0. The summed E-state index contributed by atoms with van der Waals surface area (Å²) in [4.78, 5) is 31.3. The number of ether oxygens (including phenoxy) is 1. The number of imidazole rings is 1. The lowest BCUT2D eigenvalue weighted by atomic mass is 9.76. The highest BCUT2D eigenvalue weighted by molar-refractivity contribution is 5.80. The highest BCUT2D eigenvalue weighted by Gasteiger charge is 2.50. The average molecular weight is 399 g/mol. The van der Waals surface area contributed by atoms with Gasteiger partial charge in [-0.3, -0.25) is 14.3 Å². The number of likely N-dealkylation sites (tertiary alicyclic amines) is 1. The van der Waals surface area contributed by atoms with Gasteiger partial charge in [0.25, 0.3) is 0 Å². The first-order valence-corrected chi connectivity index (χ1v) is 10.3. The highest BCUT2D eigenvalue weighted by Crippen LogP contribution is 2.43. The maximum absolute atomic E-state index is 12.7. The Morgan fingerprint density at radius 1 is 1.31 bits per heavy atom. The van der Waals surface area contributed by atoms with Crippen LogP contribution in [-0.2, 0) is 34.3 Å². The Hall–Kier alpha value is -2.64. The Bertz CT molecular complexity index is 894. The van der Waals surface area contributed by atoms with Gasteiger partial charge in [0.1, 0.15) is 6.10 Å². The Balaban J connectivity index is 1.30. The second kappa shape index (κ2) is 7.65. The minimum atomic E-state index is -0.432. The van der Waals surface area contributed by atoms with Crippen molar-refractivity contribution in [2.75, 3.05) is 13.1 Å². The van der Waals surface area contributed by atoms with E-state index in [0.29, 0.717) is 45.3 Å². The summed E-state index contributed by atoms with van der Waals surface area (Å²) in [7, 11) is 1.93. The maximum atomic E-state index is 12.7. The fourth-order valence-electron chi connectivity index (χ4n) is 4.73. The molecule has 0 radical (unpaired) electrons. The van der Waals surface area contributed by atoms with E-state index in [1.54, 1.807) is 12.5 Å². The zero-order valence-corrected chi connectivity index (χ0v) is 17.4. The third-order valence-corrected chi connectivity index (χ3v) is 6.62. The van der Waals surface area contributed by atoms with Crippen molar-refractivity contribution in [1.29, 1.82) is 0 Å². The van der Waals surface area contributed by atoms with Gasteiger partial charge in [0, 0.05) is 51.1 Å². The van der Waals surface area contributed by atoms with Gasteiger partial charge in [-0.05, 0) is 38.7 Å². The third-order valence-electron chi connectivity index (χ3n) is 6.62. The Labute approximate surface area is 170 Å². The fourth-order valence-corrected chi connectivity index (χ4v) is 4.73. The van der Waals surface area contributed by atoms with Gasteiger partial charge in [0.05, 0.1) is 24.0 Å². The molecule has 2 aliphatic heterocycles. The zero-order chi connectivity index (χ0) is 20.6. The smallest absolute Gasteiger partial charge is 0.312 e. The van der Waals surface area contributed by atoms with Gasteiger partial charge in [0.2, 0.25) is 5.91 Å². The molecule has 2 saturated heterocycles. The summed E-state index contributed by atoms with van der Waals surface area (Å²) < 4.78 is 9.47. The molecule has 8 heteroatoms. The molecule has 156 valence electrons. The third kappa shape index (κ3) is 3.80. The van der Waals surface area contributed by atoms with E-state index >= 15 is 0 Å². The quantitative estimate of drug-likeness (QED) is 0.716. The molecule has 2 aliphatic rings. The van der Waals surface area contributed by atoms with Crippen LogP contribution in [0.15, 0.2) is 18.7 Å². The summed E-state index contributed by atoms with van der Waals surface area (Å²) in [5, 5.41) is 4.43. The zero-order valence-electron chi connectivity index (χ0n) is 17.4. The number of nitrogens with zero attached hydrogens (tertiary/aromatic N) is 5. The summed E-state index contributed by atoms with van der Waals surface area (Å²) in [5.74, 6) is 0.0557. The molecule has 0 aromatic carbocycles. The predicted octanol–water partition coefficient (Wildman–Crippen LogP) is 1.79. The molecule has 4 rings (SSSR count). The van der Waals surface area contributed by atoms with Crippen LogP contribution in [0.25, 0.3) is 0 Å². The van der Waals surface area contributed by atoms with Crippen molar-refractivity contribution in [1.82, 2.24) is 24.2 Å². The Morgan fingerprint density at radius 3 is 2.69 bits per heavy atom. The molecule has 1 spiro atoms. The molecule has 2 aromatic heterocycles. The number of hydrogen-bond donors (Lipinski definition) is 0. The van der Waals surface area contributed by atoms with E-state index in [1.807, 2.05) is 41.2 Å². The summed E-state index contributed by atoms with van der Waals surface area (Å²) in [6.07, 6.45) is 8.51. The minimum Gasteiger partial charge on any atom is -0.460 e. The van der Waals surface area contributed by atoms with E-state index in [-0.39, 0.29) is 18.0 Å². The molecule has 0 N–H and O–H groups in total. The summed E-state index contributed by atoms with van der Waals surface area (Å²) in [5.41, 5.74) is 2.84. The van der Waals surface area contributed by atoms with E-state index in [0.717, 1.165) is 23.4 Å². The van der Waals surface area contributed by atoms with Crippen LogP contribution in [0.4, 0.5) is 0 Å². The monoisotopic (exact) mass is 399 g/mol. The first-order chi connectivity index (χ1) is 13.9. The minimum absolute atomic E-state index is 0.101. The number of piperidine rings is 1. The fraction of sp³-hybridized carbons (Fsp3) is 0.619. The number of carbonyl (C=O) groups excluding carboxylic acids is 2. The normalized spacial score (nSPS) is 21.0. The number of amides is 1. The predicted molar refractivity (Wildman–Crippen MR) is 106 cm³/mol. The van der Waals surface area contributed by atoms with Crippen LogP contribution in [0.2, 0.25) is 0 Å². The van der Waals surface area contributed by atoms with Crippen molar-refractivity contribution in [3.05, 3.63) is 35.7 Å². The molecule has 0 aliphatic carbocycles. The molecule has 8 nitrogen and oxygen atoms in total. The van der Waals surface area contributed by atoms with Gasteiger partial charge in [-0.15, -0.1) is 0 Å². The van der Waals surface area contributed by atoms with E-state index in [4.69, 9.17) is 4.74 Å². The van der Waals surface area contributed by atoms with Crippen molar-refractivity contribution in [2.45, 2.75) is 58.6 Å². The lowest BCUT2D eigenvalue weighted by molar-refractivity contribution is -0.152. The van der Waals surface area contributed by atoms with Crippen LogP contribution >= 0.6 is 0 Å². The van der Waals surface area contributed by atoms with Gasteiger partial charge in [0.15, 0.2) is 0 Å². The van der Waals surface area contributed by atoms with Gasteiger partial charge in [-0.1, -0.05) is 0 Å². The van der Waals surface area contributed by atoms with Crippen LogP contribution < -0.4 is 0 Å². The standard InChI is InChI=1S/C21H29N5O3/c1-15-18(16(2)24(3)23-15)4-5-19(27)26-9-6-21(7-10-26)12-17(29-20(21)28)13-25-11-8-22-14-25/h8,11,14,17H,4-7,9-10,12-13H2,1-3H3. The lowest BCUT2D eigenvalue weighted by Gasteiger charge is -2.36. The SMILES string of the molecule is Cc1nn(C)c(C)c1CCC(=O)N1CCC2(CC1)CC(Cn1ccnc1)OC2=O. The number of carbonyl (C=O) groups is 2. The van der Waals surface area contributed by atoms with Crippen molar-refractivity contribution in [3.63, 3.8) is 0 Å². The molecule has 2 aromatic rings. The van der Waals surface area contributed by atoms with Gasteiger partial charge in [-0.2, -0.15) is 5.10 Å². The van der Waals surface area contributed by atoms with Crippen LogP contribution in [-0.4, -0.2) is 55.3 Å². The average Bonchev–Trinajstić information content (AvgIpc) is 3.36. The van der Waals surface area contributed by atoms with Crippen LogP contribution in [0, 0.1) is 19.3 Å². The molecule has 29 heavy (non-hydrogen) atoms. The van der Waals surface area contributed by atoms with E-state index in [9.17, 15) is 9.59 Å². The first kappa shape index (κ1) is 19.7. The molecule has 1 amide bonds. The van der Waals surface area contributed by atoms with Gasteiger partial charge >= 0.3 is 5.97 Å². The number of aromatic nitrogens is 4. The molecule has 0 saturated carbocycles. The number of cyclic esters (lactones) is 1. The molecule has 2 fully saturated rings. The second-order valence-electron chi connectivity index (χ2n) is 8.43. The van der Waals surface area contributed by atoms with E-state index in [1.165, 1.54) is 0 Å². The van der Waals surface area contributed by atoms with Gasteiger partial charge in [-0.25, -0.2) is 4.98 Å². The van der Waals surface area contributed by atoms with Crippen molar-refractivity contribution in [3.8, 4) is 0 Å².